The van der Waals surface area contributed by atoms with E-state index in [1.54, 1.807) is 0 Å². The molecule has 10 heteroatoms. The third-order valence-electron chi connectivity index (χ3n) is 2.78. The molecule has 20 heavy (non-hydrogen) atoms. The minimum Gasteiger partial charge on any atom is -0.378 e. The highest BCUT2D eigenvalue weighted by Crippen LogP contribution is 2.22. The molecule has 0 atom stereocenters. The van der Waals surface area contributed by atoms with Crippen molar-refractivity contribution in [3.05, 3.63) is 48.5 Å². The molecule has 0 saturated carbocycles. The minimum atomic E-state index is -0.973. The van der Waals surface area contributed by atoms with Gasteiger partial charge in [-0.2, -0.15) is 5.16 Å². The third kappa shape index (κ3) is 1.58. The SMILES string of the molecule is Cc1c2c(=O)c(-n3nnc(=O)[nH]3)c(F)cc-2o[nH]c1=O. The first-order valence-electron chi connectivity index (χ1n) is 5.36. The number of benzene rings is 1. The van der Waals surface area contributed by atoms with Gasteiger partial charge in [0, 0.05) is 11.6 Å². The molecule has 0 spiro atoms. The van der Waals surface area contributed by atoms with Crippen LogP contribution in [0.4, 0.5) is 4.39 Å². The molecular formula is C10H6FN5O4. The zero-order valence-electron chi connectivity index (χ0n) is 9.93. The zero-order valence-corrected chi connectivity index (χ0v) is 9.93. The molecule has 0 saturated heterocycles. The number of rotatable bonds is 1. The summed E-state index contributed by atoms with van der Waals surface area (Å²) >= 11 is 0. The quantitative estimate of drug-likeness (QED) is 0.597. The number of tetrazole rings is 1. The highest BCUT2D eigenvalue weighted by Gasteiger charge is 2.23. The van der Waals surface area contributed by atoms with Gasteiger partial charge in [-0.3, -0.25) is 9.59 Å². The summed E-state index contributed by atoms with van der Waals surface area (Å²) < 4.78 is 18.7. The average Bonchev–Trinajstić information content (AvgIpc) is 2.80. The second-order valence-electron chi connectivity index (χ2n) is 3.99. The van der Waals surface area contributed by atoms with Crippen molar-refractivity contribution in [3.63, 3.8) is 0 Å². The molecule has 0 radical (unpaired) electrons. The van der Waals surface area contributed by atoms with Gasteiger partial charge in [0.25, 0.3) is 5.56 Å². The Kier molecular flexibility index (Phi) is 2.39. The monoisotopic (exact) mass is 279 g/mol. The number of fused-ring (bicyclic) bond motifs is 1. The summed E-state index contributed by atoms with van der Waals surface area (Å²) in [7, 11) is 0. The van der Waals surface area contributed by atoms with E-state index < -0.39 is 28.2 Å². The molecule has 0 unspecified atom stereocenters. The van der Waals surface area contributed by atoms with Crippen molar-refractivity contribution in [2.24, 2.45) is 0 Å². The topological polar surface area (TPSA) is 127 Å². The molecule has 0 amide bonds. The van der Waals surface area contributed by atoms with Crippen molar-refractivity contribution < 1.29 is 8.91 Å². The predicted molar refractivity (Wildman–Crippen MR) is 62.5 cm³/mol. The standard InChI is InChI=1S/C10H6FN5O4/c1-3-6-5(20-14-9(3)18)2-4(11)7(8(6)17)16-13-10(19)12-15-16/h2H,1H3,(H,13,19)(H,14,18). The Morgan fingerprint density at radius 1 is 1.35 bits per heavy atom. The van der Waals surface area contributed by atoms with Crippen molar-refractivity contribution in [1.29, 1.82) is 0 Å². The molecule has 0 aromatic carbocycles. The normalized spacial score (nSPS) is 11.1. The van der Waals surface area contributed by atoms with Crippen molar-refractivity contribution in [3.8, 4) is 17.0 Å². The van der Waals surface area contributed by atoms with Crippen LogP contribution in [0.5, 0.6) is 0 Å². The van der Waals surface area contributed by atoms with Crippen LogP contribution in [0, 0.1) is 12.7 Å². The van der Waals surface area contributed by atoms with Gasteiger partial charge in [-0.25, -0.2) is 14.3 Å². The van der Waals surface area contributed by atoms with Gasteiger partial charge in [-0.05, 0) is 12.1 Å². The zero-order chi connectivity index (χ0) is 14.4. The van der Waals surface area contributed by atoms with E-state index in [0.29, 0.717) is 4.80 Å². The molecule has 1 aliphatic carbocycles. The lowest BCUT2D eigenvalue weighted by Crippen LogP contribution is -2.24. The molecule has 0 bridgehead atoms. The van der Waals surface area contributed by atoms with Gasteiger partial charge < -0.3 is 4.52 Å². The fourth-order valence-corrected chi connectivity index (χ4v) is 1.84. The minimum absolute atomic E-state index is 0.0694. The van der Waals surface area contributed by atoms with E-state index in [0.717, 1.165) is 6.07 Å². The lowest BCUT2D eigenvalue weighted by Gasteiger charge is -2.08. The largest absolute Gasteiger partial charge is 0.381 e. The first-order valence-corrected chi connectivity index (χ1v) is 5.36. The second kappa shape index (κ2) is 3.98. The first-order chi connectivity index (χ1) is 9.49. The molecule has 1 aromatic rings. The number of nitrogens with one attached hydrogen (secondary N) is 2. The Bertz CT molecular complexity index is 949. The molecule has 2 N–H and O–H groups in total. The lowest BCUT2D eigenvalue weighted by atomic mass is 10.0. The Balaban J connectivity index is 2.49. The number of hydrogen-bond donors (Lipinski definition) is 2. The maximum Gasteiger partial charge on any atom is 0.381 e. The number of hydrogen-bond acceptors (Lipinski definition) is 6. The van der Waals surface area contributed by atoms with E-state index in [2.05, 4.69) is 15.4 Å². The van der Waals surface area contributed by atoms with Crippen molar-refractivity contribution in [1.82, 2.24) is 25.4 Å². The van der Waals surface area contributed by atoms with Crippen molar-refractivity contribution in [2.75, 3.05) is 0 Å². The van der Waals surface area contributed by atoms with Crippen LogP contribution in [0.1, 0.15) is 5.56 Å². The van der Waals surface area contributed by atoms with Gasteiger partial charge in [0.1, 0.15) is 0 Å². The van der Waals surface area contributed by atoms with E-state index in [4.69, 9.17) is 4.52 Å². The van der Waals surface area contributed by atoms with Crippen LogP contribution in [-0.2, 0) is 0 Å². The fraction of sp³-hybridized carbons (Fsp3) is 0.100. The van der Waals surface area contributed by atoms with E-state index in [1.165, 1.54) is 6.92 Å². The van der Waals surface area contributed by atoms with Crippen LogP contribution in [0.3, 0.4) is 0 Å². The van der Waals surface area contributed by atoms with E-state index in [9.17, 15) is 18.8 Å². The summed E-state index contributed by atoms with van der Waals surface area (Å²) in [5.41, 5.74) is -2.86. The van der Waals surface area contributed by atoms with Gasteiger partial charge in [0.05, 0.1) is 5.56 Å². The summed E-state index contributed by atoms with van der Waals surface area (Å²) in [5, 5.41) is 10.5. The van der Waals surface area contributed by atoms with Crippen LogP contribution in [-0.4, -0.2) is 25.4 Å². The van der Waals surface area contributed by atoms with E-state index in [1.807, 2.05) is 5.16 Å². The van der Waals surface area contributed by atoms with Crippen molar-refractivity contribution >= 4 is 0 Å². The second-order valence-corrected chi connectivity index (χ2v) is 3.99. The van der Waals surface area contributed by atoms with Crippen LogP contribution in [0.15, 0.2) is 25.0 Å². The predicted octanol–water partition coefficient (Wildman–Crippen LogP) is -0.851. The molecular weight excluding hydrogens is 273 g/mol. The summed E-state index contributed by atoms with van der Waals surface area (Å²) in [6.07, 6.45) is 0. The Labute approximate surface area is 107 Å². The molecule has 3 rings (SSSR count). The molecule has 0 fully saturated rings. The van der Waals surface area contributed by atoms with Gasteiger partial charge in [0.2, 0.25) is 5.43 Å². The summed E-state index contributed by atoms with van der Waals surface area (Å²) in [6.45, 7) is 1.39. The summed E-state index contributed by atoms with van der Waals surface area (Å²) in [5.74, 6) is -1.09. The Morgan fingerprint density at radius 3 is 2.75 bits per heavy atom. The lowest BCUT2D eigenvalue weighted by molar-refractivity contribution is 0.398. The molecule has 102 valence electrons. The Morgan fingerprint density at radius 2 is 2.10 bits per heavy atom. The molecule has 2 heterocycles. The number of aromatic nitrogens is 5. The van der Waals surface area contributed by atoms with Gasteiger partial charge >= 0.3 is 5.69 Å². The maximum atomic E-state index is 13.9. The van der Waals surface area contributed by atoms with Crippen LogP contribution in [0.25, 0.3) is 17.0 Å². The molecule has 1 aromatic heterocycles. The van der Waals surface area contributed by atoms with Gasteiger partial charge in [-0.15, -0.1) is 4.80 Å². The molecule has 2 aliphatic rings. The smallest absolute Gasteiger partial charge is 0.378 e. The van der Waals surface area contributed by atoms with E-state index in [-0.39, 0.29) is 16.9 Å². The van der Waals surface area contributed by atoms with Gasteiger partial charge in [-0.1, -0.05) is 5.10 Å². The summed E-state index contributed by atoms with van der Waals surface area (Å²) in [6, 6.07) is 0.912. The van der Waals surface area contributed by atoms with Crippen molar-refractivity contribution in [2.45, 2.75) is 6.92 Å². The highest BCUT2D eigenvalue weighted by molar-refractivity contribution is 5.65. The van der Waals surface area contributed by atoms with Crippen LogP contribution < -0.4 is 16.7 Å². The molecule has 9 nitrogen and oxygen atoms in total. The number of H-pyrrole nitrogens is 2. The highest BCUT2D eigenvalue weighted by atomic mass is 19.1. The fourth-order valence-electron chi connectivity index (χ4n) is 1.84. The van der Waals surface area contributed by atoms with E-state index >= 15 is 0 Å². The number of nitrogens with zero attached hydrogens (tertiary/aromatic N) is 3. The number of halogens is 1. The van der Waals surface area contributed by atoms with Crippen LogP contribution >= 0.6 is 0 Å². The third-order valence-corrected chi connectivity index (χ3v) is 2.78. The first kappa shape index (κ1) is 12.0. The van der Waals surface area contributed by atoms with Crippen LogP contribution in [0.2, 0.25) is 0 Å². The molecule has 1 aliphatic heterocycles. The van der Waals surface area contributed by atoms with Gasteiger partial charge in [0.15, 0.2) is 17.3 Å². The Hall–Kier alpha value is -3.04. The maximum absolute atomic E-state index is 13.9. The summed E-state index contributed by atoms with van der Waals surface area (Å²) in [4.78, 5) is 35.3. The number of aromatic amines is 2. The average molecular weight is 279 g/mol.